The van der Waals surface area contributed by atoms with Crippen LogP contribution in [0.5, 0.6) is 0 Å². The normalized spacial score (nSPS) is 22.7. The van der Waals surface area contributed by atoms with Crippen LogP contribution in [0.1, 0.15) is 28.4 Å². The number of fused-ring (bicyclic) bond motifs is 2. The number of likely N-dealkylation sites (N-methyl/N-ethyl adjacent to an activating group) is 1. The highest BCUT2D eigenvalue weighted by atomic mass is 32.1. The number of carbonyl (C=O) groups is 1. The van der Waals surface area contributed by atoms with Gasteiger partial charge in [0.05, 0.1) is 6.54 Å². The molecule has 2 aliphatic rings. The van der Waals surface area contributed by atoms with Crippen molar-refractivity contribution < 1.29 is 9.53 Å². The van der Waals surface area contributed by atoms with Gasteiger partial charge in [-0.15, -0.1) is 11.3 Å². The van der Waals surface area contributed by atoms with Crippen LogP contribution in [0.25, 0.3) is 0 Å². The number of nitrogens with one attached hydrogen (secondary N) is 1. The summed E-state index contributed by atoms with van der Waals surface area (Å²) in [6.07, 6.45) is 5.05. The molecule has 1 N–H and O–H groups in total. The van der Waals surface area contributed by atoms with Crippen molar-refractivity contribution in [1.29, 1.82) is 0 Å². The van der Waals surface area contributed by atoms with Gasteiger partial charge in [-0.25, -0.2) is 4.98 Å². The molecule has 1 spiro atoms. The Morgan fingerprint density at radius 3 is 2.92 bits per heavy atom. The lowest BCUT2D eigenvalue weighted by atomic mass is 9.88. The van der Waals surface area contributed by atoms with Crippen LogP contribution in [-0.2, 0) is 28.2 Å². The van der Waals surface area contributed by atoms with E-state index >= 15 is 0 Å². The monoisotopic (exact) mass is 360 g/mol. The number of carbonyl (C=O) groups excluding carboxylic acids is 1. The Kier molecular flexibility index (Phi) is 4.39. The van der Waals surface area contributed by atoms with Crippen LogP contribution in [0.2, 0.25) is 0 Å². The van der Waals surface area contributed by atoms with E-state index in [1.807, 2.05) is 23.7 Å². The van der Waals surface area contributed by atoms with E-state index in [0.29, 0.717) is 6.54 Å². The standard InChI is InChI=1S/C18H24N4O2S/c1-13-3-4-14(25-13)11-21-8-5-18(6-9-21)17-20-7-10-22(17)12-15(24-18)16(23)19-2/h3-4,7,10,15H,5-6,8-9,11-12H2,1-2H3,(H,19,23)/t15-/m1/s1. The smallest absolute Gasteiger partial charge is 0.250 e. The summed E-state index contributed by atoms with van der Waals surface area (Å²) in [6.45, 7) is 5.57. The second kappa shape index (κ2) is 6.55. The molecule has 1 saturated heterocycles. The minimum absolute atomic E-state index is 0.0600. The predicted octanol–water partition coefficient (Wildman–Crippen LogP) is 1.89. The molecule has 1 amide bonds. The Labute approximate surface area is 151 Å². The lowest BCUT2D eigenvalue weighted by Gasteiger charge is -2.45. The van der Waals surface area contributed by atoms with Crippen molar-refractivity contribution in [2.75, 3.05) is 20.1 Å². The molecule has 0 aliphatic carbocycles. The molecule has 7 heteroatoms. The molecule has 1 fully saturated rings. The molecule has 134 valence electrons. The van der Waals surface area contributed by atoms with E-state index in [1.54, 1.807) is 7.05 Å². The number of aromatic nitrogens is 2. The minimum atomic E-state index is -0.446. The summed E-state index contributed by atoms with van der Waals surface area (Å²) in [5.74, 6) is 0.912. The molecule has 25 heavy (non-hydrogen) atoms. The zero-order valence-corrected chi connectivity index (χ0v) is 15.5. The molecule has 0 radical (unpaired) electrons. The third kappa shape index (κ3) is 3.12. The number of nitrogens with zero attached hydrogens (tertiary/aromatic N) is 3. The number of hydrogen-bond acceptors (Lipinski definition) is 5. The van der Waals surface area contributed by atoms with Gasteiger partial charge >= 0.3 is 0 Å². The van der Waals surface area contributed by atoms with Crippen LogP contribution in [0.3, 0.4) is 0 Å². The molecule has 2 aromatic rings. The molecular formula is C18H24N4O2S. The summed E-state index contributed by atoms with van der Waals surface area (Å²) in [5.41, 5.74) is -0.444. The number of rotatable bonds is 3. The first-order valence-corrected chi connectivity index (χ1v) is 9.60. The largest absolute Gasteiger partial charge is 0.357 e. The van der Waals surface area contributed by atoms with Gasteiger partial charge in [0.1, 0.15) is 11.4 Å². The number of imidazole rings is 1. The highest BCUT2D eigenvalue weighted by molar-refractivity contribution is 7.11. The van der Waals surface area contributed by atoms with Gasteiger partial charge in [-0.05, 0) is 31.9 Å². The number of piperidine rings is 1. The van der Waals surface area contributed by atoms with Crippen molar-refractivity contribution >= 4 is 17.2 Å². The highest BCUT2D eigenvalue weighted by Gasteiger charge is 2.46. The number of likely N-dealkylation sites (tertiary alicyclic amines) is 1. The molecule has 2 aromatic heterocycles. The molecule has 0 aromatic carbocycles. The lowest BCUT2D eigenvalue weighted by molar-refractivity contribution is -0.173. The maximum atomic E-state index is 12.2. The summed E-state index contributed by atoms with van der Waals surface area (Å²) in [6, 6.07) is 4.40. The van der Waals surface area contributed by atoms with E-state index in [0.717, 1.165) is 38.3 Å². The second-order valence-corrected chi connectivity index (χ2v) is 8.28. The number of amides is 1. The summed E-state index contributed by atoms with van der Waals surface area (Å²) in [7, 11) is 1.66. The Hall–Kier alpha value is -1.70. The minimum Gasteiger partial charge on any atom is -0.357 e. The number of hydrogen-bond donors (Lipinski definition) is 1. The summed E-state index contributed by atoms with van der Waals surface area (Å²) in [5, 5.41) is 2.72. The summed E-state index contributed by atoms with van der Waals surface area (Å²) >= 11 is 1.86. The van der Waals surface area contributed by atoms with Gasteiger partial charge < -0.3 is 14.6 Å². The third-order valence-corrected chi connectivity index (χ3v) is 6.22. The second-order valence-electron chi connectivity index (χ2n) is 6.91. The number of aryl methyl sites for hydroxylation is 1. The van der Waals surface area contributed by atoms with Crippen LogP contribution in [0, 0.1) is 6.92 Å². The molecule has 0 unspecified atom stereocenters. The van der Waals surface area contributed by atoms with Crippen LogP contribution >= 0.6 is 11.3 Å². The molecule has 4 heterocycles. The van der Waals surface area contributed by atoms with Crippen LogP contribution < -0.4 is 5.32 Å². The quantitative estimate of drug-likeness (QED) is 0.908. The zero-order chi connectivity index (χ0) is 17.4. The third-order valence-electron chi connectivity index (χ3n) is 5.23. The SMILES string of the molecule is CNC(=O)[C@H]1Cn2ccnc2C2(CCN(Cc3ccc(C)s3)CC2)O1. The molecule has 4 rings (SSSR count). The average Bonchev–Trinajstić information content (AvgIpc) is 3.25. The number of thiophene rings is 1. The van der Waals surface area contributed by atoms with Crippen molar-refractivity contribution in [3.8, 4) is 0 Å². The van der Waals surface area contributed by atoms with Gasteiger partial charge in [-0.3, -0.25) is 9.69 Å². The molecule has 2 aliphatic heterocycles. The summed E-state index contributed by atoms with van der Waals surface area (Å²) in [4.78, 5) is 21.9. The van der Waals surface area contributed by atoms with Gasteiger partial charge in [0, 0.05) is 48.8 Å². The molecule has 6 nitrogen and oxygen atoms in total. The van der Waals surface area contributed by atoms with E-state index in [1.165, 1.54) is 9.75 Å². The Morgan fingerprint density at radius 2 is 2.24 bits per heavy atom. The van der Waals surface area contributed by atoms with Crippen molar-refractivity contribution in [2.24, 2.45) is 0 Å². The maximum absolute atomic E-state index is 12.2. The van der Waals surface area contributed by atoms with Crippen molar-refractivity contribution in [3.05, 3.63) is 40.1 Å². The van der Waals surface area contributed by atoms with Gasteiger partial charge in [0.25, 0.3) is 5.91 Å². The first-order chi connectivity index (χ1) is 12.1. The van der Waals surface area contributed by atoms with Crippen LogP contribution in [-0.4, -0.2) is 46.6 Å². The van der Waals surface area contributed by atoms with Crippen LogP contribution in [0.4, 0.5) is 0 Å². The highest BCUT2D eigenvalue weighted by Crippen LogP contribution is 2.40. The van der Waals surface area contributed by atoms with E-state index in [9.17, 15) is 4.79 Å². The number of ether oxygens (including phenoxy) is 1. The first-order valence-electron chi connectivity index (χ1n) is 8.78. The Morgan fingerprint density at radius 1 is 1.44 bits per heavy atom. The topological polar surface area (TPSA) is 59.4 Å². The predicted molar refractivity (Wildman–Crippen MR) is 96.4 cm³/mol. The van der Waals surface area contributed by atoms with E-state index in [4.69, 9.17) is 4.74 Å². The van der Waals surface area contributed by atoms with Gasteiger partial charge in [-0.1, -0.05) is 0 Å². The maximum Gasteiger partial charge on any atom is 0.250 e. The zero-order valence-electron chi connectivity index (χ0n) is 14.7. The van der Waals surface area contributed by atoms with Crippen molar-refractivity contribution in [3.63, 3.8) is 0 Å². The van der Waals surface area contributed by atoms with E-state index < -0.39 is 11.7 Å². The molecule has 1 atom stereocenters. The van der Waals surface area contributed by atoms with E-state index in [-0.39, 0.29) is 5.91 Å². The van der Waals surface area contributed by atoms with Gasteiger partial charge in [0.15, 0.2) is 6.10 Å². The van der Waals surface area contributed by atoms with Gasteiger partial charge in [0.2, 0.25) is 0 Å². The van der Waals surface area contributed by atoms with Gasteiger partial charge in [-0.2, -0.15) is 0 Å². The molecular weight excluding hydrogens is 336 g/mol. The van der Waals surface area contributed by atoms with Crippen molar-refractivity contribution in [2.45, 2.75) is 44.6 Å². The van der Waals surface area contributed by atoms with Crippen molar-refractivity contribution in [1.82, 2.24) is 19.8 Å². The Bertz CT molecular complexity index is 761. The fourth-order valence-electron chi connectivity index (χ4n) is 3.90. The fourth-order valence-corrected chi connectivity index (χ4v) is 4.83. The summed E-state index contributed by atoms with van der Waals surface area (Å²) < 4.78 is 8.42. The lowest BCUT2D eigenvalue weighted by Crippen LogP contribution is -2.53. The molecule has 0 bridgehead atoms. The van der Waals surface area contributed by atoms with E-state index in [2.05, 4.69) is 38.8 Å². The fraction of sp³-hybridized carbons (Fsp3) is 0.556. The molecule has 0 saturated carbocycles. The average molecular weight is 360 g/mol. The van der Waals surface area contributed by atoms with Crippen LogP contribution in [0.15, 0.2) is 24.5 Å². The first kappa shape index (κ1) is 16.8. The Balaban J connectivity index is 1.50.